The maximum absolute atomic E-state index is 11.1. The average molecular weight is 230 g/mol. The van der Waals surface area contributed by atoms with Crippen LogP contribution in [0.3, 0.4) is 0 Å². The first kappa shape index (κ1) is 10.1. The fourth-order valence-corrected chi connectivity index (χ4v) is 2.86. The molecule has 76 valence electrons. The smallest absolute Gasteiger partial charge is 0.148 e. The highest BCUT2D eigenvalue weighted by molar-refractivity contribution is 7.16. The highest BCUT2D eigenvalue weighted by atomic mass is 35.5. The van der Waals surface area contributed by atoms with E-state index in [4.69, 9.17) is 11.6 Å². The van der Waals surface area contributed by atoms with Crippen molar-refractivity contribution in [1.82, 2.24) is 4.90 Å². The monoisotopic (exact) mass is 229 g/mol. The third-order valence-electron chi connectivity index (χ3n) is 2.61. The summed E-state index contributed by atoms with van der Waals surface area (Å²) in [4.78, 5) is 14.6. The number of halogens is 1. The van der Waals surface area contributed by atoms with Gasteiger partial charge < -0.3 is 0 Å². The van der Waals surface area contributed by atoms with Crippen molar-refractivity contribution in [3.8, 4) is 0 Å². The Bertz CT molecular complexity index is 350. The van der Waals surface area contributed by atoms with Gasteiger partial charge in [-0.3, -0.25) is 9.69 Å². The minimum absolute atomic E-state index is 0.318. The maximum Gasteiger partial charge on any atom is 0.148 e. The molecule has 0 saturated carbocycles. The number of thiophene rings is 1. The van der Waals surface area contributed by atoms with Crippen LogP contribution >= 0.6 is 22.9 Å². The lowest BCUT2D eigenvalue weighted by Crippen LogP contribution is -2.23. The predicted molar refractivity (Wildman–Crippen MR) is 58.9 cm³/mol. The number of Topliss-reactive ketones (excluding diaryl/α,β-unsaturated/α-hetero) is 1. The molecule has 14 heavy (non-hydrogen) atoms. The first-order valence-electron chi connectivity index (χ1n) is 4.68. The van der Waals surface area contributed by atoms with Gasteiger partial charge in [0.25, 0.3) is 0 Å². The lowest BCUT2D eigenvalue weighted by Gasteiger charge is -2.21. The number of hydrogen-bond donors (Lipinski definition) is 0. The van der Waals surface area contributed by atoms with Gasteiger partial charge in [0.15, 0.2) is 0 Å². The van der Waals surface area contributed by atoms with Gasteiger partial charge in [-0.05, 0) is 19.1 Å². The Kier molecular flexibility index (Phi) is 2.91. The van der Waals surface area contributed by atoms with Crippen molar-refractivity contribution in [3.05, 3.63) is 21.3 Å². The van der Waals surface area contributed by atoms with Crippen molar-refractivity contribution < 1.29 is 4.79 Å². The molecule has 0 spiro atoms. The van der Waals surface area contributed by atoms with E-state index in [0.717, 1.165) is 10.9 Å². The largest absolute Gasteiger partial charge is 0.298 e. The molecular formula is C10H12ClNOS. The molecule has 1 aliphatic rings. The summed E-state index contributed by atoms with van der Waals surface area (Å²) in [6.07, 6.45) is 0.698. The summed E-state index contributed by atoms with van der Waals surface area (Å²) < 4.78 is 0.817. The lowest BCUT2D eigenvalue weighted by molar-refractivity contribution is -0.117. The first-order chi connectivity index (χ1) is 6.66. The Morgan fingerprint density at radius 2 is 2.36 bits per heavy atom. The molecule has 0 amide bonds. The molecular weight excluding hydrogens is 218 g/mol. The molecule has 2 nitrogen and oxygen atoms in total. The molecule has 1 atom stereocenters. The van der Waals surface area contributed by atoms with Gasteiger partial charge in [0, 0.05) is 23.9 Å². The quantitative estimate of drug-likeness (QED) is 0.777. The van der Waals surface area contributed by atoms with E-state index in [2.05, 4.69) is 11.8 Å². The van der Waals surface area contributed by atoms with Crippen LogP contribution in [0.4, 0.5) is 0 Å². The van der Waals surface area contributed by atoms with Gasteiger partial charge in [-0.25, -0.2) is 0 Å². The SMILES string of the molecule is CC(c1ccc(Cl)s1)N1CCC(=O)C1. The summed E-state index contributed by atoms with van der Waals surface area (Å²) in [5.41, 5.74) is 0. The van der Waals surface area contributed by atoms with Gasteiger partial charge >= 0.3 is 0 Å². The van der Waals surface area contributed by atoms with E-state index in [1.165, 1.54) is 4.88 Å². The van der Waals surface area contributed by atoms with E-state index in [9.17, 15) is 4.79 Å². The number of carbonyl (C=O) groups excluding carboxylic acids is 1. The van der Waals surface area contributed by atoms with Crippen LogP contribution in [0.25, 0.3) is 0 Å². The van der Waals surface area contributed by atoms with Crippen molar-refractivity contribution in [2.75, 3.05) is 13.1 Å². The molecule has 1 aromatic heterocycles. The van der Waals surface area contributed by atoms with E-state index < -0.39 is 0 Å². The molecule has 0 aromatic carbocycles. The normalized spacial score (nSPS) is 20.3. The Morgan fingerprint density at radius 3 is 2.86 bits per heavy atom. The summed E-state index contributed by atoms with van der Waals surface area (Å²) in [6.45, 7) is 3.60. The molecule has 1 unspecified atom stereocenters. The molecule has 2 rings (SSSR count). The zero-order chi connectivity index (χ0) is 10.1. The second-order valence-corrected chi connectivity index (χ2v) is 5.32. The van der Waals surface area contributed by atoms with Crippen LogP contribution in [0, 0.1) is 0 Å². The van der Waals surface area contributed by atoms with Crippen LogP contribution in [0.15, 0.2) is 12.1 Å². The third-order valence-corrected chi connectivity index (χ3v) is 4.01. The number of ketones is 1. The van der Waals surface area contributed by atoms with E-state index in [-0.39, 0.29) is 0 Å². The van der Waals surface area contributed by atoms with Gasteiger partial charge in [-0.1, -0.05) is 11.6 Å². The molecule has 0 aliphatic carbocycles. The second kappa shape index (κ2) is 4.01. The Hall–Kier alpha value is -0.380. The number of hydrogen-bond acceptors (Lipinski definition) is 3. The molecule has 1 aliphatic heterocycles. The van der Waals surface area contributed by atoms with Crippen LogP contribution in [0.2, 0.25) is 4.34 Å². The third kappa shape index (κ3) is 2.00. The average Bonchev–Trinajstić information content (AvgIpc) is 2.73. The molecule has 4 heteroatoms. The fourth-order valence-electron chi connectivity index (χ4n) is 1.72. The summed E-state index contributed by atoms with van der Waals surface area (Å²) in [5.74, 6) is 0.347. The Balaban J connectivity index is 2.08. The van der Waals surface area contributed by atoms with Crippen LogP contribution < -0.4 is 0 Å². The zero-order valence-corrected chi connectivity index (χ0v) is 9.57. The van der Waals surface area contributed by atoms with E-state index >= 15 is 0 Å². The molecule has 1 saturated heterocycles. The van der Waals surface area contributed by atoms with Gasteiger partial charge in [-0.2, -0.15) is 0 Å². The Labute approximate surface area is 92.5 Å². The predicted octanol–water partition coefficient (Wildman–Crippen LogP) is 2.74. The van der Waals surface area contributed by atoms with Crippen molar-refractivity contribution in [3.63, 3.8) is 0 Å². The number of rotatable bonds is 2. The van der Waals surface area contributed by atoms with Crippen molar-refractivity contribution in [2.24, 2.45) is 0 Å². The van der Waals surface area contributed by atoms with Gasteiger partial charge in [0.1, 0.15) is 5.78 Å². The van der Waals surface area contributed by atoms with E-state index in [1.54, 1.807) is 11.3 Å². The number of carbonyl (C=O) groups is 1. The van der Waals surface area contributed by atoms with Crippen molar-refractivity contribution in [1.29, 1.82) is 0 Å². The van der Waals surface area contributed by atoms with E-state index in [0.29, 0.717) is 24.8 Å². The van der Waals surface area contributed by atoms with Crippen LogP contribution in [-0.4, -0.2) is 23.8 Å². The summed E-state index contributed by atoms with van der Waals surface area (Å²) in [7, 11) is 0. The standard InChI is InChI=1S/C10H12ClNOS/c1-7(9-2-3-10(11)14-9)12-5-4-8(13)6-12/h2-3,7H,4-6H2,1H3. The van der Waals surface area contributed by atoms with Gasteiger partial charge in [0.2, 0.25) is 0 Å². The fraction of sp³-hybridized carbons (Fsp3) is 0.500. The summed E-state index contributed by atoms with van der Waals surface area (Å²) in [6, 6.07) is 4.27. The number of likely N-dealkylation sites (tertiary alicyclic amines) is 1. The summed E-state index contributed by atoms with van der Waals surface area (Å²) >= 11 is 7.47. The van der Waals surface area contributed by atoms with Gasteiger partial charge in [-0.15, -0.1) is 11.3 Å². The van der Waals surface area contributed by atoms with Crippen molar-refractivity contribution in [2.45, 2.75) is 19.4 Å². The first-order valence-corrected chi connectivity index (χ1v) is 5.87. The molecule has 1 aromatic rings. The van der Waals surface area contributed by atoms with Crippen LogP contribution in [-0.2, 0) is 4.79 Å². The van der Waals surface area contributed by atoms with Gasteiger partial charge in [0.05, 0.1) is 10.9 Å². The Morgan fingerprint density at radius 1 is 1.57 bits per heavy atom. The topological polar surface area (TPSA) is 20.3 Å². The second-order valence-electron chi connectivity index (χ2n) is 3.58. The minimum Gasteiger partial charge on any atom is -0.298 e. The highest BCUT2D eigenvalue weighted by Crippen LogP contribution is 2.31. The van der Waals surface area contributed by atoms with Crippen LogP contribution in [0.5, 0.6) is 0 Å². The molecule has 2 heterocycles. The zero-order valence-electron chi connectivity index (χ0n) is 8.00. The molecule has 0 N–H and O–H groups in total. The minimum atomic E-state index is 0.318. The molecule has 0 radical (unpaired) electrons. The van der Waals surface area contributed by atoms with Crippen LogP contribution in [0.1, 0.15) is 24.3 Å². The summed E-state index contributed by atoms with van der Waals surface area (Å²) in [5, 5.41) is 0. The highest BCUT2D eigenvalue weighted by Gasteiger charge is 2.25. The van der Waals surface area contributed by atoms with E-state index in [1.807, 2.05) is 12.1 Å². The number of nitrogens with zero attached hydrogens (tertiary/aromatic N) is 1. The molecule has 1 fully saturated rings. The maximum atomic E-state index is 11.1. The lowest BCUT2D eigenvalue weighted by atomic mass is 10.2. The van der Waals surface area contributed by atoms with Crippen molar-refractivity contribution >= 4 is 28.7 Å². The molecule has 0 bridgehead atoms.